The fourth-order valence-corrected chi connectivity index (χ4v) is 0.825. The summed E-state index contributed by atoms with van der Waals surface area (Å²) in [5.74, 6) is 0.611. The minimum atomic E-state index is 0.611. The van der Waals surface area contributed by atoms with Crippen LogP contribution in [0.1, 0.15) is 0 Å². The van der Waals surface area contributed by atoms with E-state index in [1.165, 1.54) is 6.34 Å². The smallest absolute Gasteiger partial charge is 0.181 e. The van der Waals surface area contributed by atoms with Crippen molar-refractivity contribution in [3.8, 4) is 0 Å². The predicted octanol–water partition coefficient (Wildman–Crippen LogP) is 0.573. The average Bonchev–Trinajstić information content (AvgIpc) is 2.36. The fraction of sp³-hybridized carbons (Fsp3) is 0. The Kier molecular flexibility index (Phi) is 0.887. The van der Waals surface area contributed by atoms with Gasteiger partial charge in [-0.2, -0.15) is 0 Å². The van der Waals surface area contributed by atoms with Crippen molar-refractivity contribution in [2.45, 2.75) is 0 Å². The lowest BCUT2D eigenvalue weighted by atomic mass is 10.3. The van der Waals surface area contributed by atoms with Crippen molar-refractivity contribution in [2.24, 2.45) is 4.99 Å². The number of rotatable bonds is 0. The molecule has 0 saturated heterocycles. The van der Waals surface area contributed by atoms with Gasteiger partial charge in [0.05, 0.1) is 5.69 Å². The third kappa shape index (κ3) is 0.556. The third-order valence-electron chi connectivity index (χ3n) is 1.30. The Labute approximate surface area is 57.8 Å². The lowest BCUT2D eigenvalue weighted by molar-refractivity contribution is 1.27. The summed E-state index contributed by atoms with van der Waals surface area (Å²) in [7, 11) is 0. The van der Waals surface area contributed by atoms with Gasteiger partial charge in [-0.3, -0.25) is 0 Å². The average molecular weight is 133 g/mol. The Morgan fingerprint density at radius 3 is 3.10 bits per heavy atom. The van der Waals surface area contributed by atoms with E-state index in [-0.39, 0.29) is 0 Å². The first-order valence-corrected chi connectivity index (χ1v) is 2.86. The maximum atomic E-state index is 5.56. The van der Waals surface area contributed by atoms with Crippen LogP contribution >= 0.6 is 0 Å². The zero-order valence-corrected chi connectivity index (χ0v) is 5.15. The molecule has 0 fully saturated rings. The van der Waals surface area contributed by atoms with Gasteiger partial charge in [-0.15, -0.1) is 0 Å². The van der Waals surface area contributed by atoms with Crippen molar-refractivity contribution < 1.29 is 0 Å². The van der Waals surface area contributed by atoms with Gasteiger partial charge in [0.2, 0.25) is 0 Å². The molecule has 0 atom stereocenters. The highest BCUT2D eigenvalue weighted by Crippen LogP contribution is 2.30. The molecule has 10 heavy (non-hydrogen) atoms. The molecule has 2 rings (SSSR count). The van der Waals surface area contributed by atoms with Crippen molar-refractivity contribution in [3.05, 3.63) is 12.3 Å². The number of hydrogen-bond acceptors (Lipinski definition) is 3. The van der Waals surface area contributed by atoms with E-state index in [1.54, 1.807) is 12.3 Å². The molecule has 1 aromatic rings. The van der Waals surface area contributed by atoms with Crippen LogP contribution in [-0.2, 0) is 0 Å². The van der Waals surface area contributed by atoms with E-state index < -0.39 is 0 Å². The van der Waals surface area contributed by atoms with Gasteiger partial charge in [0, 0.05) is 6.20 Å². The number of aliphatic imine (C=N–C) groups is 1. The predicted molar refractivity (Wildman–Crippen MR) is 38.6 cm³/mol. The van der Waals surface area contributed by atoms with Crippen LogP contribution in [0.3, 0.4) is 0 Å². The van der Waals surface area contributed by atoms with Gasteiger partial charge in [0.15, 0.2) is 5.82 Å². The molecule has 0 saturated carbocycles. The second-order valence-electron chi connectivity index (χ2n) is 1.95. The molecule has 1 radical (unpaired) electrons. The third-order valence-corrected chi connectivity index (χ3v) is 1.30. The fourth-order valence-electron chi connectivity index (χ4n) is 0.825. The summed E-state index contributed by atoms with van der Waals surface area (Å²) in [5, 5.41) is 3.92. The van der Waals surface area contributed by atoms with E-state index in [9.17, 15) is 0 Å². The second kappa shape index (κ2) is 1.70. The Morgan fingerprint density at radius 1 is 1.40 bits per heavy atom. The zero-order valence-electron chi connectivity index (χ0n) is 5.15. The van der Waals surface area contributed by atoms with Crippen LogP contribution < -0.4 is 11.1 Å². The van der Waals surface area contributed by atoms with E-state index >= 15 is 0 Å². The van der Waals surface area contributed by atoms with Crippen molar-refractivity contribution in [1.82, 2.24) is 10.3 Å². The highest BCUT2D eigenvalue weighted by molar-refractivity contribution is 5.86. The summed E-state index contributed by atoms with van der Waals surface area (Å²) in [5.41, 5.74) is 6.87. The molecule has 1 aliphatic heterocycles. The van der Waals surface area contributed by atoms with Crippen LogP contribution in [-0.4, -0.2) is 11.3 Å². The monoisotopic (exact) mass is 133 g/mol. The summed E-state index contributed by atoms with van der Waals surface area (Å²) in [6.07, 6.45) is 3.07. The molecular weight excluding hydrogens is 128 g/mol. The van der Waals surface area contributed by atoms with E-state index in [0.717, 1.165) is 0 Å². The summed E-state index contributed by atoms with van der Waals surface area (Å²) < 4.78 is 0. The quantitative estimate of drug-likeness (QED) is 0.562. The highest BCUT2D eigenvalue weighted by atomic mass is 15.1. The minimum Gasteiger partial charge on any atom is -0.397 e. The number of fused-ring (bicyclic) bond motifs is 1. The number of nitrogens with two attached hydrogens (primary N) is 1. The van der Waals surface area contributed by atoms with Crippen LogP contribution in [0.25, 0.3) is 0 Å². The number of nitrogen functional groups attached to an aromatic ring is 1. The first-order chi connectivity index (χ1) is 4.88. The van der Waals surface area contributed by atoms with Crippen molar-refractivity contribution in [3.63, 3.8) is 0 Å². The van der Waals surface area contributed by atoms with E-state index in [4.69, 9.17) is 5.73 Å². The Morgan fingerprint density at radius 2 is 2.30 bits per heavy atom. The minimum absolute atomic E-state index is 0.611. The van der Waals surface area contributed by atoms with Crippen molar-refractivity contribution in [1.29, 1.82) is 0 Å². The first-order valence-electron chi connectivity index (χ1n) is 2.86. The van der Waals surface area contributed by atoms with E-state index in [0.29, 0.717) is 17.2 Å². The molecule has 0 bridgehead atoms. The topological polar surface area (TPSA) is 65.4 Å². The second-order valence-corrected chi connectivity index (χ2v) is 1.95. The van der Waals surface area contributed by atoms with Crippen LogP contribution in [0.4, 0.5) is 17.2 Å². The molecule has 2 N–H and O–H groups in total. The normalized spacial score (nSPS) is 12.8. The molecule has 0 unspecified atom stereocenters. The van der Waals surface area contributed by atoms with Gasteiger partial charge in [-0.25, -0.2) is 15.3 Å². The van der Waals surface area contributed by atoms with Crippen LogP contribution in [0, 0.1) is 0 Å². The summed E-state index contributed by atoms with van der Waals surface area (Å²) in [6.45, 7) is 0. The maximum absolute atomic E-state index is 5.56. The molecule has 0 aromatic carbocycles. The summed E-state index contributed by atoms with van der Waals surface area (Å²) >= 11 is 0. The maximum Gasteiger partial charge on any atom is 0.181 e. The van der Waals surface area contributed by atoms with Crippen molar-refractivity contribution >= 4 is 23.5 Å². The number of nitrogens with zero attached hydrogens (tertiary/aromatic N) is 3. The number of anilines is 1. The van der Waals surface area contributed by atoms with E-state index in [2.05, 4.69) is 15.3 Å². The van der Waals surface area contributed by atoms with E-state index in [1.807, 2.05) is 0 Å². The number of pyridine rings is 1. The summed E-state index contributed by atoms with van der Waals surface area (Å²) in [4.78, 5) is 7.83. The van der Waals surface area contributed by atoms with Crippen LogP contribution in [0.15, 0.2) is 17.3 Å². The van der Waals surface area contributed by atoms with Gasteiger partial charge in [0.25, 0.3) is 0 Å². The Hall–Kier alpha value is -1.58. The first kappa shape index (κ1) is 5.22. The zero-order chi connectivity index (χ0) is 6.97. The lowest BCUT2D eigenvalue weighted by Gasteiger charge is -1.96. The summed E-state index contributed by atoms with van der Waals surface area (Å²) in [6, 6.07) is 1.71. The van der Waals surface area contributed by atoms with Crippen LogP contribution in [0.5, 0.6) is 0 Å². The lowest BCUT2D eigenvalue weighted by Crippen LogP contribution is -1.93. The molecule has 2 heterocycles. The van der Waals surface area contributed by atoms with Gasteiger partial charge in [0.1, 0.15) is 12.0 Å². The molecule has 0 aliphatic carbocycles. The number of hydrogen-bond donors (Lipinski definition) is 1. The highest BCUT2D eigenvalue weighted by Gasteiger charge is 2.10. The molecular formula is C6H5N4. The Balaban J connectivity index is 2.66. The molecule has 0 amide bonds. The molecule has 1 aliphatic rings. The number of aromatic nitrogens is 1. The standard InChI is InChI=1S/C6H5N4/c7-4-1-2-8-6-5(4)9-3-10-6/h1-3H,(H2,7,8). The van der Waals surface area contributed by atoms with Gasteiger partial charge < -0.3 is 5.73 Å². The van der Waals surface area contributed by atoms with Crippen LogP contribution in [0.2, 0.25) is 0 Å². The molecule has 4 heteroatoms. The van der Waals surface area contributed by atoms with Gasteiger partial charge >= 0.3 is 0 Å². The van der Waals surface area contributed by atoms with Gasteiger partial charge in [-0.1, -0.05) is 0 Å². The molecule has 0 spiro atoms. The SMILES string of the molecule is Nc1ccnc2c1[N]C=N2. The van der Waals surface area contributed by atoms with Crippen molar-refractivity contribution in [2.75, 3.05) is 5.73 Å². The molecule has 1 aromatic heterocycles. The molecule has 49 valence electrons. The largest absolute Gasteiger partial charge is 0.397 e. The Bertz CT molecular complexity index is 292. The molecule has 4 nitrogen and oxygen atoms in total. The van der Waals surface area contributed by atoms with Gasteiger partial charge in [-0.05, 0) is 6.07 Å².